The number of unbranched alkanes of at least 4 members (excludes halogenated alkanes) is 1. The summed E-state index contributed by atoms with van der Waals surface area (Å²) in [6.07, 6.45) is -2.74. The molecule has 1 aromatic carbocycles. The van der Waals surface area contributed by atoms with Gasteiger partial charge in [0.1, 0.15) is 36.0 Å². The summed E-state index contributed by atoms with van der Waals surface area (Å²) in [5.74, 6) is -11.4. The Morgan fingerprint density at radius 1 is 0.600 bits per heavy atom. The van der Waals surface area contributed by atoms with Gasteiger partial charge in [-0.2, -0.15) is 0 Å². The maximum Gasteiger partial charge on any atom is 0.326 e. The van der Waals surface area contributed by atoms with Gasteiger partial charge in [-0.1, -0.05) is 26.0 Å². The van der Waals surface area contributed by atoms with Crippen molar-refractivity contribution in [3.05, 3.63) is 29.8 Å². The smallest absolute Gasteiger partial charge is 0.326 e. The molecule has 0 aliphatic heterocycles. The first kappa shape index (κ1) is 47.2. The molecule has 0 fully saturated rings. The Balaban J connectivity index is 3.39. The van der Waals surface area contributed by atoms with Gasteiger partial charge in [0.25, 0.3) is 0 Å². The maximum atomic E-state index is 13.6. The number of amides is 5. The van der Waals surface area contributed by atoms with Crippen LogP contribution in [0.4, 0.5) is 0 Å². The topological polar surface area (TPSA) is 367 Å². The van der Waals surface area contributed by atoms with Gasteiger partial charge in [0, 0.05) is 12.8 Å². The van der Waals surface area contributed by atoms with Crippen LogP contribution in [0.1, 0.15) is 70.8 Å². The Morgan fingerprint density at radius 3 is 1.56 bits per heavy atom. The quantitative estimate of drug-likeness (QED) is 0.0442. The number of carbonyl (C=O) groups is 9. The molecule has 306 valence electrons. The fourth-order valence-corrected chi connectivity index (χ4v) is 5.10. The van der Waals surface area contributed by atoms with Gasteiger partial charge in [0.15, 0.2) is 0 Å². The fourth-order valence-electron chi connectivity index (χ4n) is 5.10. The van der Waals surface area contributed by atoms with Crippen LogP contribution in [-0.4, -0.2) is 122 Å². The summed E-state index contributed by atoms with van der Waals surface area (Å²) in [6.45, 7) is 3.58. The Morgan fingerprint density at radius 2 is 1.07 bits per heavy atom. The van der Waals surface area contributed by atoms with Crippen LogP contribution in [0.3, 0.4) is 0 Å². The lowest BCUT2D eigenvalue weighted by Crippen LogP contribution is -2.60. The number of benzene rings is 1. The minimum Gasteiger partial charge on any atom is -0.508 e. The summed E-state index contributed by atoms with van der Waals surface area (Å²) in [5.41, 5.74) is 11.7. The molecule has 0 radical (unpaired) electrons. The molecule has 21 nitrogen and oxygen atoms in total. The number of carboxylic acids is 4. The van der Waals surface area contributed by atoms with E-state index in [9.17, 15) is 63.6 Å². The average molecular weight is 782 g/mol. The number of aliphatic carboxylic acids is 4. The van der Waals surface area contributed by atoms with Gasteiger partial charge in [-0.25, -0.2) is 4.79 Å². The zero-order valence-corrected chi connectivity index (χ0v) is 30.5. The first-order valence-electron chi connectivity index (χ1n) is 17.4. The molecule has 5 amide bonds. The standard InChI is InChI=1S/C34H51N7O14/c1-17(2)13-25(34(54)55)41-31(51)22(10-11-26(43)44)38-33(53)24(16-28(47)48)40-30(50)21(5-3-4-12-35)37-32(52)23(14-18-6-8-19(42)9-7-18)39-29(49)20(36)15-27(45)46/h6-9,17,20-25,42H,3-5,10-16,35-36H2,1-2H3,(H,37,52)(H,38,53)(H,39,49)(H,40,50)(H,41,51)(H,43,44)(H,45,46)(H,47,48)(H,54,55)/t20-,21-,22-,23-,24-,25-/m0/s1. The molecule has 0 heterocycles. The third-order valence-corrected chi connectivity index (χ3v) is 7.93. The monoisotopic (exact) mass is 781 g/mol. The zero-order valence-electron chi connectivity index (χ0n) is 30.5. The fraction of sp³-hybridized carbons (Fsp3) is 0.559. The minimum absolute atomic E-state index is 0.00968. The van der Waals surface area contributed by atoms with Crippen molar-refractivity contribution < 1.29 is 68.7 Å². The molecule has 0 aliphatic rings. The second kappa shape index (κ2) is 23.8. The summed E-state index contributed by atoms with van der Waals surface area (Å²) in [6, 6.07) is -3.96. The highest BCUT2D eigenvalue weighted by atomic mass is 16.4. The first-order chi connectivity index (χ1) is 25.7. The second-order valence-electron chi connectivity index (χ2n) is 13.2. The third-order valence-electron chi connectivity index (χ3n) is 7.93. The van der Waals surface area contributed by atoms with Crippen LogP contribution < -0.4 is 38.1 Å². The summed E-state index contributed by atoms with van der Waals surface area (Å²) in [5, 5.41) is 58.5. The van der Waals surface area contributed by atoms with E-state index in [4.69, 9.17) is 16.6 Å². The number of rotatable bonds is 26. The molecule has 0 saturated carbocycles. The minimum atomic E-state index is -1.90. The lowest BCUT2D eigenvalue weighted by atomic mass is 10.0. The number of phenols is 1. The largest absolute Gasteiger partial charge is 0.508 e. The van der Waals surface area contributed by atoms with Gasteiger partial charge in [0.2, 0.25) is 29.5 Å². The highest BCUT2D eigenvalue weighted by Crippen LogP contribution is 2.13. The molecule has 0 aromatic heterocycles. The van der Waals surface area contributed by atoms with E-state index in [0.717, 1.165) is 0 Å². The number of carboxylic acid groups (broad SMARTS) is 4. The molecule has 55 heavy (non-hydrogen) atoms. The second-order valence-corrected chi connectivity index (χ2v) is 13.2. The molecule has 0 saturated heterocycles. The number of hydrogen-bond donors (Lipinski definition) is 12. The predicted octanol–water partition coefficient (Wildman–Crippen LogP) is -2.24. The van der Waals surface area contributed by atoms with Crippen LogP contribution in [0.15, 0.2) is 24.3 Å². The van der Waals surface area contributed by atoms with Crippen molar-refractivity contribution in [3.8, 4) is 5.75 Å². The molecular formula is C34H51N7O14. The van der Waals surface area contributed by atoms with Gasteiger partial charge >= 0.3 is 23.9 Å². The van der Waals surface area contributed by atoms with Crippen molar-refractivity contribution in [2.24, 2.45) is 17.4 Å². The Bertz CT molecular complexity index is 1520. The molecule has 1 aromatic rings. The van der Waals surface area contributed by atoms with Gasteiger partial charge in [0.05, 0.1) is 18.9 Å². The zero-order chi connectivity index (χ0) is 41.8. The van der Waals surface area contributed by atoms with Crippen LogP contribution in [0, 0.1) is 5.92 Å². The Kier molecular flexibility index (Phi) is 20.4. The van der Waals surface area contributed by atoms with Crippen LogP contribution in [0.5, 0.6) is 5.75 Å². The summed E-state index contributed by atoms with van der Waals surface area (Å²) in [4.78, 5) is 112. The van der Waals surface area contributed by atoms with E-state index in [1.165, 1.54) is 24.3 Å². The van der Waals surface area contributed by atoms with E-state index in [1.54, 1.807) is 13.8 Å². The number of carbonyl (C=O) groups excluding carboxylic acids is 5. The van der Waals surface area contributed by atoms with Crippen LogP contribution in [0.2, 0.25) is 0 Å². The normalized spacial score (nSPS) is 14.2. The summed E-state index contributed by atoms with van der Waals surface area (Å²) >= 11 is 0. The van der Waals surface area contributed by atoms with E-state index >= 15 is 0 Å². The summed E-state index contributed by atoms with van der Waals surface area (Å²) in [7, 11) is 0. The molecular weight excluding hydrogens is 730 g/mol. The molecule has 1 rings (SSSR count). The van der Waals surface area contributed by atoms with E-state index in [1.807, 2.05) is 0 Å². The van der Waals surface area contributed by atoms with E-state index in [-0.39, 0.29) is 43.9 Å². The first-order valence-corrected chi connectivity index (χ1v) is 17.4. The van der Waals surface area contributed by atoms with Crippen molar-refractivity contribution >= 4 is 53.4 Å². The van der Waals surface area contributed by atoms with Crippen molar-refractivity contribution in [3.63, 3.8) is 0 Å². The van der Waals surface area contributed by atoms with Gasteiger partial charge in [-0.05, 0) is 62.3 Å². The predicted molar refractivity (Wildman–Crippen MR) is 191 cm³/mol. The highest BCUT2D eigenvalue weighted by molar-refractivity contribution is 5.97. The van der Waals surface area contributed by atoms with Gasteiger partial charge < -0.3 is 63.6 Å². The number of phenolic OH excluding ortho intramolecular Hbond substituents is 1. The SMILES string of the molecule is CC(C)C[C@H](NC(=O)[C@H](CCC(=O)O)NC(=O)[C@H](CC(=O)O)NC(=O)[C@H](CCCCN)NC(=O)[C@H](Cc1ccc(O)cc1)NC(=O)[C@@H](N)CC(=O)O)C(=O)O. The molecule has 0 bridgehead atoms. The van der Waals surface area contributed by atoms with Crippen LogP contribution >= 0.6 is 0 Å². The molecule has 0 unspecified atom stereocenters. The Labute approximate surface area is 316 Å². The lowest BCUT2D eigenvalue weighted by Gasteiger charge is -2.27. The lowest BCUT2D eigenvalue weighted by molar-refractivity contribution is -0.144. The Hall–Kier alpha value is -5.83. The number of hydrogen-bond acceptors (Lipinski definition) is 12. The van der Waals surface area contributed by atoms with Gasteiger partial charge in [-0.3, -0.25) is 38.4 Å². The van der Waals surface area contributed by atoms with Crippen LogP contribution in [0.25, 0.3) is 0 Å². The van der Waals surface area contributed by atoms with Crippen molar-refractivity contribution in [1.82, 2.24) is 26.6 Å². The van der Waals surface area contributed by atoms with E-state index in [0.29, 0.717) is 12.0 Å². The molecule has 0 aliphatic carbocycles. The maximum absolute atomic E-state index is 13.6. The molecule has 0 spiro atoms. The van der Waals surface area contributed by atoms with Gasteiger partial charge in [-0.15, -0.1) is 0 Å². The molecule has 6 atom stereocenters. The van der Waals surface area contributed by atoms with E-state index < -0.39 is 115 Å². The van der Waals surface area contributed by atoms with Crippen molar-refractivity contribution in [1.29, 1.82) is 0 Å². The molecule has 21 heteroatoms. The highest BCUT2D eigenvalue weighted by Gasteiger charge is 2.34. The number of nitrogens with one attached hydrogen (secondary N) is 5. The summed E-state index contributed by atoms with van der Waals surface area (Å²) < 4.78 is 0. The average Bonchev–Trinajstić information content (AvgIpc) is 3.08. The van der Waals surface area contributed by atoms with Crippen molar-refractivity contribution in [2.45, 2.75) is 108 Å². The number of nitrogens with two attached hydrogens (primary N) is 2. The third kappa shape index (κ3) is 18.7. The number of aromatic hydroxyl groups is 1. The van der Waals surface area contributed by atoms with E-state index in [2.05, 4.69) is 26.6 Å². The van der Waals surface area contributed by atoms with Crippen LogP contribution in [-0.2, 0) is 49.6 Å². The van der Waals surface area contributed by atoms with Crippen molar-refractivity contribution in [2.75, 3.05) is 6.54 Å². The molecule has 14 N–H and O–H groups in total.